The van der Waals surface area contributed by atoms with Crippen LogP contribution >= 0.6 is 0 Å². The molecule has 0 rings (SSSR count). The molecular formula is C80H134O44. The first-order valence-electron chi connectivity index (χ1n) is 36.8. The molecule has 0 heterocycles. The van der Waals surface area contributed by atoms with Gasteiger partial charge in [-0.25, -0.2) is 43.2 Å². The number of hydrogen-bond donors (Lipinski definition) is 11. The van der Waals surface area contributed by atoms with Crippen LogP contribution in [0.15, 0.2) is 127 Å². The predicted octanol–water partition coefficient (Wildman–Crippen LogP) is -2.58. The van der Waals surface area contributed by atoms with Crippen LogP contribution < -0.4 is 0 Å². The van der Waals surface area contributed by atoms with Gasteiger partial charge in [-0.05, 0) is 0 Å². The third-order valence-corrected chi connectivity index (χ3v) is 12.7. The van der Waals surface area contributed by atoms with Gasteiger partial charge in [-0.1, -0.05) is 88.1 Å². The minimum absolute atomic E-state index is 0. The van der Waals surface area contributed by atoms with Crippen LogP contribution in [0.4, 0.5) is 0 Å². The van der Waals surface area contributed by atoms with Crippen molar-refractivity contribution in [1.29, 1.82) is 0 Å². The number of ether oxygens (including phenoxy) is 23. The molecule has 0 aliphatic carbocycles. The Morgan fingerprint density at radius 2 is 0.363 bits per heavy atom. The molecule has 0 fully saturated rings. The number of carbonyl (C=O) groups is 10. The Morgan fingerprint density at radius 1 is 0.202 bits per heavy atom. The fourth-order valence-corrected chi connectivity index (χ4v) is 7.05. The molecule has 0 aromatic heterocycles. The second kappa shape index (κ2) is 90.4. The first-order chi connectivity index (χ1) is 57.8. The largest absolute Gasteiger partial charge is 0.460 e. The Bertz CT molecular complexity index is 2750. The predicted molar refractivity (Wildman–Crippen MR) is 436 cm³/mol. The van der Waals surface area contributed by atoms with Crippen LogP contribution in [0.3, 0.4) is 0 Å². The standard InChI is InChI=1S/C27H44O15.C21H32O12.C15H24O9.C14H22O8.3CH4/c1-4-25(31)40-16-21(28)13-34-7-9-37-19-24(39-12-11-36-15-23(30)18-42-27(33)6-3)20-38-10-8-35-14-22(29)17-41-26(32)5-2;1-4-19(25)31-10-15(22)7-28-13-18(30-9-17(24)12-33-21(27)6-3)14-29-8-16(23)11-32-20(26)5-2;1-3-14(19)23-9-12(17)7-21-5-11(16)6-22-8-13(18)10-24-15(20)4-2;1-3-13(17)22-10-12(16)9-20-6-5-19-8-11(15)7-14(18)21-4-2;;;/h4-6,21-24,28-30H,1-3,7-20H2;4-6,15-18,22-24H,1-3,7-14H2;3-4,11-13,16-18H,1-2,5-10H2;3-4,11-12,15-16H,1-2,5-10H2;3*1H4. The van der Waals surface area contributed by atoms with Gasteiger partial charge in [0.05, 0.1) is 177 Å². The summed E-state index contributed by atoms with van der Waals surface area (Å²) < 4.78 is 116. The molecule has 0 saturated carbocycles. The summed E-state index contributed by atoms with van der Waals surface area (Å²) in [5.41, 5.74) is 0. The molecule has 0 aromatic carbocycles. The number of hydrogen-bond acceptors (Lipinski definition) is 44. The molecule has 0 bridgehead atoms. The van der Waals surface area contributed by atoms with Gasteiger partial charge >= 0.3 is 59.7 Å². The van der Waals surface area contributed by atoms with Crippen molar-refractivity contribution in [3.05, 3.63) is 127 Å². The summed E-state index contributed by atoms with van der Waals surface area (Å²) in [7, 11) is 0. The normalized spacial score (nSPS) is 13.5. The van der Waals surface area contributed by atoms with E-state index in [1.807, 2.05) is 0 Å². The molecule has 11 N–H and O–H groups in total. The molecule has 0 spiro atoms. The average Bonchev–Trinajstić information content (AvgIpc) is 0.961. The lowest BCUT2D eigenvalue weighted by molar-refractivity contribution is -0.147. The van der Waals surface area contributed by atoms with Gasteiger partial charge in [0.25, 0.3) is 0 Å². The van der Waals surface area contributed by atoms with E-state index in [0.717, 1.165) is 60.9 Å². The molecule has 44 heteroatoms. The van der Waals surface area contributed by atoms with Crippen LogP contribution in [0, 0.1) is 0 Å². The number of carbonyl (C=O) groups excluding carboxylic acids is 10. The quantitative estimate of drug-likeness (QED) is 0.00979. The van der Waals surface area contributed by atoms with Crippen LogP contribution in [0.25, 0.3) is 0 Å². The highest BCUT2D eigenvalue weighted by Gasteiger charge is 2.21. The van der Waals surface area contributed by atoms with E-state index in [1.54, 1.807) is 0 Å². The van der Waals surface area contributed by atoms with Gasteiger partial charge in [0, 0.05) is 54.7 Å². The van der Waals surface area contributed by atoms with E-state index in [1.165, 1.54) is 0 Å². The molecule has 44 nitrogen and oxygen atoms in total. The van der Waals surface area contributed by atoms with Gasteiger partial charge in [-0.2, -0.15) is 0 Å². The maximum Gasteiger partial charge on any atom is 0.330 e. The highest BCUT2D eigenvalue weighted by Crippen LogP contribution is 2.05. The lowest BCUT2D eigenvalue weighted by atomic mass is 10.3. The molecule has 10 unspecified atom stereocenters. The second-order valence-corrected chi connectivity index (χ2v) is 23.7. The molecule has 0 radical (unpaired) electrons. The van der Waals surface area contributed by atoms with Crippen molar-refractivity contribution in [2.24, 2.45) is 0 Å². The maximum atomic E-state index is 11.0. The van der Waals surface area contributed by atoms with Gasteiger partial charge in [0.2, 0.25) is 0 Å². The number of esters is 10. The Hall–Kier alpha value is -8.86. The van der Waals surface area contributed by atoms with Gasteiger partial charge in [0.15, 0.2) is 0 Å². The SMILES string of the molecule is C.C.C.C=CC(=O)OCC(O)COCC(COCC(O)COC(=O)C=C)OCC(O)COC(=O)C=C.C=CC(=O)OCC(O)COCC(O)COCC(O)COC(=O)C=C.C=CC(=O)OCC(O)COCCOCC(COCCOCC(O)COC(=O)C=C)OCCOCC(O)COC(=O)C=C.C=COC(=O)CC(O)COCCOCC(O)COC(=O)C=C. The molecular weight excluding hydrogens is 1660 g/mol. The zero-order chi connectivity index (χ0) is 91.7. The minimum Gasteiger partial charge on any atom is -0.460 e. The van der Waals surface area contributed by atoms with Crippen LogP contribution in [0.1, 0.15) is 28.7 Å². The first kappa shape index (κ1) is 128. The summed E-state index contributed by atoms with van der Waals surface area (Å²) >= 11 is 0. The Morgan fingerprint density at radius 3 is 0.581 bits per heavy atom. The van der Waals surface area contributed by atoms with E-state index in [2.05, 4.69) is 94.2 Å². The monoisotopic (exact) mass is 1800 g/mol. The van der Waals surface area contributed by atoms with Gasteiger partial charge < -0.3 is 165 Å². The molecule has 124 heavy (non-hydrogen) atoms. The highest BCUT2D eigenvalue weighted by molar-refractivity contribution is 5.84. The van der Waals surface area contributed by atoms with Crippen molar-refractivity contribution in [3.63, 3.8) is 0 Å². The maximum absolute atomic E-state index is 11.0. The molecule has 0 aliphatic heterocycles. The van der Waals surface area contributed by atoms with E-state index in [-0.39, 0.29) is 247 Å². The molecule has 718 valence electrons. The lowest BCUT2D eigenvalue weighted by Gasteiger charge is -2.21. The van der Waals surface area contributed by atoms with Crippen LogP contribution in [0.2, 0.25) is 0 Å². The summed E-state index contributed by atoms with van der Waals surface area (Å²) in [6.07, 6.45) is -2.92. The van der Waals surface area contributed by atoms with Gasteiger partial charge in [-0.15, -0.1) is 0 Å². The van der Waals surface area contributed by atoms with Gasteiger partial charge in [-0.3, -0.25) is 4.79 Å². The third kappa shape index (κ3) is 90.9. The summed E-state index contributed by atoms with van der Waals surface area (Å²) in [5, 5.41) is 106. The summed E-state index contributed by atoms with van der Waals surface area (Å²) in [4.78, 5) is 109. The Balaban J connectivity index is -0.000000301. The molecule has 0 aliphatic rings. The first-order valence-corrected chi connectivity index (χ1v) is 36.8. The van der Waals surface area contributed by atoms with Crippen LogP contribution in [-0.2, 0) is 157 Å². The van der Waals surface area contributed by atoms with Gasteiger partial charge in [0.1, 0.15) is 133 Å². The third-order valence-electron chi connectivity index (χ3n) is 12.7. The van der Waals surface area contributed by atoms with Crippen LogP contribution in [-0.4, -0.2) is 413 Å². The van der Waals surface area contributed by atoms with E-state index in [0.29, 0.717) is 0 Å². The number of rotatable bonds is 76. The number of aliphatic hydroxyl groups is 11. The zero-order valence-electron chi connectivity index (χ0n) is 67.8. The van der Waals surface area contributed by atoms with Crippen molar-refractivity contribution in [2.75, 3.05) is 218 Å². The van der Waals surface area contributed by atoms with E-state index < -0.39 is 139 Å². The minimum atomic E-state index is -1.13. The van der Waals surface area contributed by atoms with Crippen molar-refractivity contribution in [2.45, 2.75) is 108 Å². The molecule has 0 saturated heterocycles. The van der Waals surface area contributed by atoms with Crippen molar-refractivity contribution >= 4 is 59.7 Å². The van der Waals surface area contributed by atoms with Crippen molar-refractivity contribution in [1.82, 2.24) is 0 Å². The molecule has 10 atom stereocenters. The number of aliphatic hydroxyl groups excluding tert-OH is 11. The van der Waals surface area contributed by atoms with E-state index >= 15 is 0 Å². The van der Waals surface area contributed by atoms with E-state index in [4.69, 9.17) is 80.5 Å². The summed E-state index contributed by atoms with van der Waals surface area (Å²) in [5.74, 6) is -6.53. The Labute approximate surface area is 723 Å². The fraction of sp³-hybridized carbons (Fsp3) is 0.625. The topological polar surface area (TPSA) is 606 Å². The van der Waals surface area contributed by atoms with Crippen molar-refractivity contribution < 1.29 is 213 Å². The summed E-state index contributed by atoms with van der Waals surface area (Å²) in [6.45, 7) is 30.1. The molecule has 0 amide bonds. The summed E-state index contributed by atoms with van der Waals surface area (Å²) in [6, 6.07) is 0. The molecule has 0 aromatic rings. The zero-order valence-corrected chi connectivity index (χ0v) is 67.8. The highest BCUT2D eigenvalue weighted by atomic mass is 16.6. The average molecular weight is 1800 g/mol. The smallest absolute Gasteiger partial charge is 0.330 e. The van der Waals surface area contributed by atoms with Crippen molar-refractivity contribution in [3.8, 4) is 0 Å². The van der Waals surface area contributed by atoms with E-state index in [9.17, 15) is 104 Å². The Kier molecular flexibility index (Phi) is 93.5. The second-order valence-electron chi connectivity index (χ2n) is 23.7. The fourth-order valence-electron chi connectivity index (χ4n) is 7.05. The van der Waals surface area contributed by atoms with Crippen LogP contribution in [0.5, 0.6) is 0 Å². The lowest BCUT2D eigenvalue weighted by Crippen LogP contribution is -2.34.